The highest BCUT2D eigenvalue weighted by Crippen LogP contribution is 2.29. The first kappa shape index (κ1) is 24.8. The van der Waals surface area contributed by atoms with Crippen LogP contribution in [-0.2, 0) is 28.5 Å². The van der Waals surface area contributed by atoms with Gasteiger partial charge in [-0.3, -0.25) is 19.6 Å². The van der Waals surface area contributed by atoms with E-state index in [9.17, 15) is 27.6 Å². The van der Waals surface area contributed by atoms with Gasteiger partial charge in [-0.05, 0) is 47.9 Å². The van der Waals surface area contributed by atoms with E-state index in [1.54, 1.807) is 31.2 Å². The molecule has 184 valence electrons. The van der Waals surface area contributed by atoms with E-state index >= 15 is 0 Å². The molecule has 1 aromatic carbocycles. The number of methoxy groups -OCH3 is 1. The number of amides is 1. The van der Waals surface area contributed by atoms with E-state index in [0.29, 0.717) is 51.8 Å². The number of alkyl halides is 3. The molecule has 1 N–H and O–H groups in total. The molecule has 10 heteroatoms. The molecule has 0 aliphatic heterocycles. The van der Waals surface area contributed by atoms with Gasteiger partial charge in [-0.25, -0.2) is 4.79 Å². The van der Waals surface area contributed by atoms with Crippen molar-refractivity contribution < 1.29 is 32.3 Å². The highest BCUT2D eigenvalue weighted by atomic mass is 19.4. The largest absolute Gasteiger partial charge is 0.466 e. The molecule has 0 unspecified atom stereocenters. The molecule has 0 saturated heterocycles. The average molecular weight is 495 g/mol. The van der Waals surface area contributed by atoms with Gasteiger partial charge in [-0.2, -0.15) is 13.2 Å². The van der Waals surface area contributed by atoms with E-state index in [1.165, 1.54) is 19.4 Å². The third kappa shape index (κ3) is 5.32. The molecular weight excluding hydrogens is 475 g/mol. The molecule has 3 aromatic rings. The van der Waals surface area contributed by atoms with Gasteiger partial charge in [0.15, 0.2) is 5.78 Å². The van der Waals surface area contributed by atoms with Crippen molar-refractivity contribution in [3.63, 3.8) is 0 Å². The number of anilines is 1. The highest BCUT2D eigenvalue weighted by Gasteiger charge is 2.31. The van der Waals surface area contributed by atoms with E-state index in [4.69, 9.17) is 4.74 Å². The number of halogens is 3. The summed E-state index contributed by atoms with van der Waals surface area (Å²) in [6, 6.07) is 7.28. The summed E-state index contributed by atoms with van der Waals surface area (Å²) >= 11 is 0. The summed E-state index contributed by atoms with van der Waals surface area (Å²) in [5.74, 6) is -1.44. The molecule has 36 heavy (non-hydrogen) atoms. The van der Waals surface area contributed by atoms with E-state index in [0.717, 1.165) is 12.3 Å². The minimum absolute atomic E-state index is 0.167. The standard InChI is InChI=1S/C26H20F3N3O4/c1-14-3-4-15(6-23(33)18-8-19(12-30-11-18)26(27,28)29)5-21(14)24(34)32-20-9-16-7-17(25(35)36-2)10-22(16)31-13-20/h3-5,7-9,11-13H,6,10H2,1-2H3,(H,32,34). The molecule has 0 fully saturated rings. The molecule has 7 nitrogen and oxygen atoms in total. The lowest BCUT2D eigenvalue weighted by atomic mass is 9.98. The fourth-order valence-corrected chi connectivity index (χ4v) is 3.79. The first-order valence-corrected chi connectivity index (χ1v) is 10.8. The number of fused-ring (bicyclic) bond motifs is 1. The Morgan fingerprint density at radius 3 is 2.58 bits per heavy atom. The maximum atomic E-state index is 13.0. The molecule has 4 rings (SSSR count). The van der Waals surface area contributed by atoms with Crippen LogP contribution in [0.25, 0.3) is 6.08 Å². The Kier molecular flexibility index (Phi) is 6.69. The van der Waals surface area contributed by atoms with E-state index in [1.807, 2.05) is 0 Å². The van der Waals surface area contributed by atoms with Crippen LogP contribution in [-0.4, -0.2) is 34.7 Å². The zero-order valence-corrected chi connectivity index (χ0v) is 19.3. The topological polar surface area (TPSA) is 98.2 Å². The van der Waals surface area contributed by atoms with Gasteiger partial charge in [-0.1, -0.05) is 12.1 Å². The van der Waals surface area contributed by atoms with Crippen LogP contribution in [0.2, 0.25) is 0 Å². The zero-order valence-electron chi connectivity index (χ0n) is 19.3. The summed E-state index contributed by atoms with van der Waals surface area (Å²) in [6.07, 6.45) is 0.405. The number of benzene rings is 1. The Morgan fingerprint density at radius 2 is 1.86 bits per heavy atom. The van der Waals surface area contributed by atoms with Crippen molar-refractivity contribution >= 4 is 29.4 Å². The van der Waals surface area contributed by atoms with Gasteiger partial charge in [0.25, 0.3) is 5.91 Å². The Labute approximate surface area is 204 Å². The first-order valence-electron chi connectivity index (χ1n) is 10.8. The summed E-state index contributed by atoms with van der Waals surface area (Å²) < 4.78 is 43.6. The number of hydrogen-bond acceptors (Lipinski definition) is 6. The number of aryl methyl sites for hydroxylation is 1. The van der Waals surface area contributed by atoms with E-state index in [2.05, 4.69) is 15.3 Å². The number of Topliss-reactive ketones (excluding diaryl/α,β-unsaturated/α-hetero) is 1. The van der Waals surface area contributed by atoms with Crippen molar-refractivity contribution in [1.29, 1.82) is 0 Å². The van der Waals surface area contributed by atoms with Crippen molar-refractivity contribution in [3.8, 4) is 0 Å². The molecular formula is C26H20F3N3O4. The van der Waals surface area contributed by atoms with E-state index in [-0.39, 0.29) is 12.0 Å². The van der Waals surface area contributed by atoms with Crippen molar-refractivity contribution in [2.24, 2.45) is 0 Å². The predicted molar refractivity (Wildman–Crippen MR) is 124 cm³/mol. The SMILES string of the molecule is COC(=O)C1=Cc2cc(NC(=O)c3cc(CC(=O)c4cncc(C(F)(F)F)c4)ccc3C)cnc2C1. The van der Waals surface area contributed by atoms with Crippen LogP contribution in [0.15, 0.2) is 54.5 Å². The molecule has 2 heterocycles. The van der Waals surface area contributed by atoms with E-state index < -0.39 is 29.4 Å². The van der Waals surface area contributed by atoms with Crippen LogP contribution < -0.4 is 5.32 Å². The number of esters is 1. The molecule has 0 radical (unpaired) electrons. The second-order valence-electron chi connectivity index (χ2n) is 8.26. The molecule has 0 spiro atoms. The fourth-order valence-electron chi connectivity index (χ4n) is 3.79. The Bertz CT molecular complexity index is 1410. The minimum Gasteiger partial charge on any atom is -0.466 e. The highest BCUT2D eigenvalue weighted by molar-refractivity contribution is 6.06. The number of rotatable bonds is 6. The van der Waals surface area contributed by atoms with Crippen molar-refractivity contribution in [2.45, 2.75) is 25.9 Å². The van der Waals surface area contributed by atoms with Crippen LogP contribution in [0.4, 0.5) is 18.9 Å². The number of hydrogen-bond donors (Lipinski definition) is 1. The summed E-state index contributed by atoms with van der Waals surface area (Å²) in [5.41, 5.74) is 2.50. The second kappa shape index (κ2) is 9.73. The molecule has 1 aliphatic rings. The van der Waals surface area contributed by atoms with Crippen LogP contribution in [0.3, 0.4) is 0 Å². The Hall–Kier alpha value is -4.34. The van der Waals surface area contributed by atoms with Gasteiger partial charge in [0, 0.05) is 41.9 Å². The summed E-state index contributed by atoms with van der Waals surface area (Å²) in [7, 11) is 1.30. The third-order valence-corrected chi connectivity index (χ3v) is 5.70. The molecule has 2 aromatic heterocycles. The van der Waals surface area contributed by atoms with Gasteiger partial charge >= 0.3 is 12.1 Å². The van der Waals surface area contributed by atoms with Gasteiger partial charge in [-0.15, -0.1) is 0 Å². The smallest absolute Gasteiger partial charge is 0.417 e. The lowest BCUT2D eigenvalue weighted by Gasteiger charge is -2.11. The molecule has 1 amide bonds. The number of nitrogens with zero attached hydrogens (tertiary/aromatic N) is 2. The molecule has 1 aliphatic carbocycles. The number of ketones is 1. The van der Waals surface area contributed by atoms with Crippen LogP contribution in [0.5, 0.6) is 0 Å². The molecule has 0 bridgehead atoms. The van der Waals surface area contributed by atoms with Crippen LogP contribution in [0, 0.1) is 6.92 Å². The number of ether oxygens (including phenoxy) is 1. The number of carbonyl (C=O) groups excluding carboxylic acids is 3. The zero-order chi connectivity index (χ0) is 26.0. The number of aromatic nitrogens is 2. The predicted octanol–water partition coefficient (Wildman–Crippen LogP) is 4.59. The van der Waals surface area contributed by atoms with Crippen LogP contribution in [0.1, 0.15) is 48.7 Å². The number of nitrogens with one attached hydrogen (secondary N) is 1. The number of carbonyl (C=O) groups is 3. The maximum absolute atomic E-state index is 13.0. The Morgan fingerprint density at radius 1 is 1.08 bits per heavy atom. The quantitative estimate of drug-likeness (QED) is 0.397. The lowest BCUT2D eigenvalue weighted by molar-refractivity contribution is -0.138. The van der Waals surface area contributed by atoms with Crippen LogP contribution >= 0.6 is 0 Å². The van der Waals surface area contributed by atoms with Crippen molar-refractivity contribution in [1.82, 2.24) is 9.97 Å². The van der Waals surface area contributed by atoms with Gasteiger partial charge < -0.3 is 10.1 Å². The average Bonchev–Trinajstić information content (AvgIpc) is 3.27. The van der Waals surface area contributed by atoms with Gasteiger partial charge in [0.2, 0.25) is 0 Å². The van der Waals surface area contributed by atoms with Crippen molar-refractivity contribution in [2.75, 3.05) is 12.4 Å². The monoisotopic (exact) mass is 495 g/mol. The molecule has 0 saturated carbocycles. The lowest BCUT2D eigenvalue weighted by Crippen LogP contribution is -2.15. The number of pyridine rings is 2. The Balaban J connectivity index is 1.50. The van der Waals surface area contributed by atoms with Crippen molar-refractivity contribution in [3.05, 3.63) is 93.6 Å². The molecule has 0 atom stereocenters. The summed E-state index contributed by atoms with van der Waals surface area (Å²) in [5, 5.41) is 2.76. The van der Waals surface area contributed by atoms with Gasteiger partial charge in [0.1, 0.15) is 0 Å². The first-order chi connectivity index (χ1) is 17.0. The second-order valence-corrected chi connectivity index (χ2v) is 8.26. The minimum atomic E-state index is -4.61. The maximum Gasteiger partial charge on any atom is 0.417 e. The van der Waals surface area contributed by atoms with Gasteiger partial charge in [0.05, 0.1) is 30.3 Å². The fraction of sp³-hybridized carbons (Fsp3) is 0.192. The summed E-state index contributed by atoms with van der Waals surface area (Å²) in [6.45, 7) is 1.73. The summed E-state index contributed by atoms with van der Waals surface area (Å²) in [4.78, 5) is 45.2. The normalized spacial score (nSPS) is 12.5. The third-order valence-electron chi connectivity index (χ3n) is 5.70.